The minimum Gasteiger partial charge on any atom is -0.399 e. The molecular weight excluding hydrogens is 230 g/mol. The van der Waals surface area contributed by atoms with E-state index >= 15 is 0 Å². The fourth-order valence-electron chi connectivity index (χ4n) is 1.63. The van der Waals surface area contributed by atoms with Crippen LogP contribution in [0.2, 0.25) is 0 Å². The number of H-pyrrole nitrogens is 1. The van der Waals surface area contributed by atoms with Gasteiger partial charge < -0.3 is 16.4 Å². The van der Waals surface area contributed by atoms with Crippen LogP contribution < -0.4 is 16.4 Å². The lowest BCUT2D eigenvalue weighted by molar-refractivity contribution is 0.262. The first-order chi connectivity index (χ1) is 8.56. The van der Waals surface area contributed by atoms with E-state index in [0.29, 0.717) is 17.1 Å². The van der Waals surface area contributed by atoms with Crippen LogP contribution in [0.1, 0.15) is 11.4 Å². The summed E-state index contributed by atoms with van der Waals surface area (Å²) in [5, 5.41) is 12.3. The number of hydrogen-bond donors (Lipinski definition) is 4. The second-order valence-corrected chi connectivity index (χ2v) is 4.01. The molecule has 6 nitrogen and oxygen atoms in total. The van der Waals surface area contributed by atoms with Crippen molar-refractivity contribution in [3.8, 4) is 0 Å². The van der Waals surface area contributed by atoms with Crippen LogP contribution in [0.25, 0.3) is 0 Å². The van der Waals surface area contributed by atoms with Gasteiger partial charge in [-0.15, -0.1) is 0 Å². The van der Waals surface area contributed by atoms with Gasteiger partial charge >= 0.3 is 6.03 Å². The van der Waals surface area contributed by atoms with E-state index in [0.717, 1.165) is 11.4 Å². The van der Waals surface area contributed by atoms with Crippen molar-refractivity contribution in [3.05, 3.63) is 35.7 Å². The van der Waals surface area contributed by atoms with E-state index in [4.69, 9.17) is 5.73 Å². The Morgan fingerprint density at radius 1 is 1.33 bits per heavy atom. The van der Waals surface area contributed by atoms with Crippen LogP contribution in [0.15, 0.2) is 24.3 Å². The molecule has 6 heteroatoms. The third-order valence-corrected chi connectivity index (χ3v) is 2.51. The molecular formula is C12H15N5O. The molecule has 0 aliphatic rings. The summed E-state index contributed by atoms with van der Waals surface area (Å²) in [7, 11) is 0. The van der Waals surface area contributed by atoms with Crippen molar-refractivity contribution in [1.82, 2.24) is 10.2 Å². The molecule has 0 spiro atoms. The summed E-state index contributed by atoms with van der Waals surface area (Å²) < 4.78 is 0. The number of carbonyl (C=O) groups is 1. The standard InChI is InChI=1S/C12H15N5O/c1-7-11(8(2)17-16-7)15-12(18)14-10-5-3-4-9(13)6-10/h3-6H,13H2,1-2H3,(H,16,17)(H2,14,15,18). The summed E-state index contributed by atoms with van der Waals surface area (Å²) >= 11 is 0. The van der Waals surface area contributed by atoms with Crippen molar-refractivity contribution in [1.29, 1.82) is 0 Å². The Balaban J connectivity index is 2.06. The summed E-state index contributed by atoms with van der Waals surface area (Å²) in [6.45, 7) is 3.66. The molecule has 0 atom stereocenters. The predicted octanol–water partition coefficient (Wildman–Crippen LogP) is 2.25. The number of aromatic nitrogens is 2. The number of amides is 2. The van der Waals surface area contributed by atoms with Crippen LogP contribution in [-0.4, -0.2) is 16.2 Å². The quantitative estimate of drug-likeness (QED) is 0.611. The van der Waals surface area contributed by atoms with Crippen LogP contribution >= 0.6 is 0 Å². The maximum atomic E-state index is 11.8. The van der Waals surface area contributed by atoms with E-state index in [1.165, 1.54) is 0 Å². The molecule has 0 aliphatic carbocycles. The molecule has 0 fully saturated rings. The monoisotopic (exact) mass is 245 g/mol. The highest BCUT2D eigenvalue weighted by Gasteiger charge is 2.09. The number of hydrogen-bond acceptors (Lipinski definition) is 3. The number of nitrogens with one attached hydrogen (secondary N) is 3. The molecule has 5 N–H and O–H groups in total. The average Bonchev–Trinajstić information content (AvgIpc) is 2.61. The molecule has 2 rings (SSSR count). The van der Waals surface area contributed by atoms with Crippen molar-refractivity contribution in [3.63, 3.8) is 0 Å². The van der Waals surface area contributed by atoms with Gasteiger partial charge in [-0.1, -0.05) is 6.07 Å². The van der Waals surface area contributed by atoms with E-state index in [-0.39, 0.29) is 6.03 Å². The Kier molecular flexibility index (Phi) is 3.18. The number of aryl methyl sites for hydroxylation is 2. The number of carbonyl (C=O) groups excluding carboxylic acids is 1. The van der Waals surface area contributed by atoms with E-state index in [1.54, 1.807) is 24.3 Å². The number of rotatable bonds is 2. The normalized spacial score (nSPS) is 10.1. The van der Waals surface area contributed by atoms with Gasteiger partial charge in [0.1, 0.15) is 0 Å². The summed E-state index contributed by atoms with van der Waals surface area (Å²) in [6.07, 6.45) is 0. The first-order valence-corrected chi connectivity index (χ1v) is 5.51. The van der Waals surface area contributed by atoms with Gasteiger partial charge in [-0.2, -0.15) is 5.10 Å². The number of anilines is 3. The van der Waals surface area contributed by atoms with Crippen molar-refractivity contribution in [2.75, 3.05) is 16.4 Å². The van der Waals surface area contributed by atoms with Gasteiger partial charge in [0, 0.05) is 11.4 Å². The highest BCUT2D eigenvalue weighted by molar-refractivity contribution is 6.00. The van der Waals surface area contributed by atoms with Crippen molar-refractivity contribution in [2.45, 2.75) is 13.8 Å². The molecule has 0 saturated heterocycles. The Morgan fingerprint density at radius 3 is 2.72 bits per heavy atom. The summed E-state index contributed by atoms with van der Waals surface area (Å²) in [5.74, 6) is 0. The molecule has 0 aliphatic heterocycles. The van der Waals surface area contributed by atoms with Crippen LogP contribution in [0.3, 0.4) is 0 Å². The lowest BCUT2D eigenvalue weighted by atomic mass is 10.3. The minimum atomic E-state index is -0.326. The molecule has 2 aromatic rings. The highest BCUT2D eigenvalue weighted by Crippen LogP contribution is 2.17. The van der Waals surface area contributed by atoms with E-state index in [9.17, 15) is 4.79 Å². The maximum absolute atomic E-state index is 11.8. The topological polar surface area (TPSA) is 95.8 Å². The Morgan fingerprint density at radius 2 is 2.11 bits per heavy atom. The zero-order valence-corrected chi connectivity index (χ0v) is 10.2. The van der Waals surface area contributed by atoms with E-state index in [1.807, 2.05) is 13.8 Å². The summed E-state index contributed by atoms with van der Waals surface area (Å²) in [4.78, 5) is 11.8. The number of nitrogens with zero attached hydrogens (tertiary/aromatic N) is 1. The average molecular weight is 245 g/mol. The molecule has 1 aromatic heterocycles. The lowest BCUT2D eigenvalue weighted by Gasteiger charge is -2.08. The molecule has 1 heterocycles. The van der Waals surface area contributed by atoms with Crippen LogP contribution in [0.4, 0.5) is 21.9 Å². The first-order valence-electron chi connectivity index (χ1n) is 5.51. The molecule has 1 aromatic carbocycles. The number of urea groups is 1. The number of nitrogens with two attached hydrogens (primary N) is 1. The highest BCUT2D eigenvalue weighted by atomic mass is 16.2. The second kappa shape index (κ2) is 4.79. The maximum Gasteiger partial charge on any atom is 0.323 e. The number of nitrogen functional groups attached to an aromatic ring is 1. The zero-order chi connectivity index (χ0) is 13.1. The predicted molar refractivity (Wildman–Crippen MR) is 71.6 cm³/mol. The number of aromatic amines is 1. The van der Waals surface area contributed by atoms with E-state index < -0.39 is 0 Å². The van der Waals surface area contributed by atoms with Gasteiger partial charge in [0.25, 0.3) is 0 Å². The van der Waals surface area contributed by atoms with Crippen LogP contribution in [0.5, 0.6) is 0 Å². The van der Waals surface area contributed by atoms with Crippen molar-refractivity contribution < 1.29 is 4.79 Å². The molecule has 0 radical (unpaired) electrons. The van der Waals surface area contributed by atoms with Gasteiger partial charge in [0.05, 0.1) is 17.1 Å². The summed E-state index contributed by atoms with van der Waals surface area (Å²) in [5.41, 5.74) is 9.13. The smallest absolute Gasteiger partial charge is 0.323 e. The Bertz CT molecular complexity index is 556. The molecule has 2 amide bonds. The van der Waals surface area contributed by atoms with Crippen molar-refractivity contribution >= 4 is 23.1 Å². The minimum absolute atomic E-state index is 0.326. The zero-order valence-electron chi connectivity index (χ0n) is 10.2. The fraction of sp³-hybridized carbons (Fsp3) is 0.167. The summed E-state index contributed by atoms with van der Waals surface area (Å²) in [6, 6.07) is 6.67. The van der Waals surface area contributed by atoms with Gasteiger partial charge in [0.2, 0.25) is 0 Å². The molecule has 94 valence electrons. The van der Waals surface area contributed by atoms with Gasteiger partial charge in [-0.25, -0.2) is 4.79 Å². The largest absolute Gasteiger partial charge is 0.399 e. The third kappa shape index (κ3) is 2.60. The molecule has 0 bridgehead atoms. The fourth-order valence-corrected chi connectivity index (χ4v) is 1.63. The van der Waals surface area contributed by atoms with Crippen molar-refractivity contribution in [2.24, 2.45) is 0 Å². The Hall–Kier alpha value is -2.50. The second-order valence-electron chi connectivity index (χ2n) is 4.01. The number of benzene rings is 1. The third-order valence-electron chi connectivity index (χ3n) is 2.51. The van der Waals surface area contributed by atoms with Gasteiger partial charge in [0.15, 0.2) is 0 Å². The Labute approximate surface area is 105 Å². The van der Waals surface area contributed by atoms with E-state index in [2.05, 4.69) is 20.8 Å². The van der Waals surface area contributed by atoms with Gasteiger partial charge in [-0.05, 0) is 32.0 Å². The van der Waals surface area contributed by atoms with Crippen LogP contribution in [-0.2, 0) is 0 Å². The lowest BCUT2D eigenvalue weighted by Crippen LogP contribution is -2.20. The molecule has 18 heavy (non-hydrogen) atoms. The SMILES string of the molecule is Cc1n[nH]c(C)c1NC(=O)Nc1cccc(N)c1. The molecule has 0 unspecified atom stereocenters. The first kappa shape index (κ1) is 12.0. The van der Waals surface area contributed by atoms with Gasteiger partial charge in [-0.3, -0.25) is 5.10 Å². The van der Waals surface area contributed by atoms with Crippen LogP contribution in [0, 0.1) is 13.8 Å². The molecule has 0 saturated carbocycles.